The summed E-state index contributed by atoms with van der Waals surface area (Å²) in [6.07, 6.45) is 7.28. The first-order chi connectivity index (χ1) is 13.3. The predicted octanol–water partition coefficient (Wildman–Crippen LogP) is 3.08. The molecule has 0 spiro atoms. The van der Waals surface area contributed by atoms with Crippen molar-refractivity contribution in [3.05, 3.63) is 24.7 Å². The van der Waals surface area contributed by atoms with Crippen molar-refractivity contribution in [3.63, 3.8) is 0 Å². The summed E-state index contributed by atoms with van der Waals surface area (Å²) in [6.45, 7) is 7.47. The molecule has 0 radical (unpaired) electrons. The van der Waals surface area contributed by atoms with Gasteiger partial charge in [-0.15, -0.1) is 5.10 Å². The highest BCUT2D eigenvalue weighted by molar-refractivity contribution is 5.95. The van der Waals surface area contributed by atoms with Gasteiger partial charge in [0.05, 0.1) is 11.8 Å². The molecular formula is C19H25N7O2. The number of hydrogen-bond donors (Lipinski definition) is 1. The van der Waals surface area contributed by atoms with E-state index in [1.54, 1.807) is 15.4 Å². The molecule has 3 aromatic heterocycles. The monoisotopic (exact) mass is 383 g/mol. The number of anilines is 2. The third-order valence-corrected chi connectivity index (χ3v) is 4.51. The summed E-state index contributed by atoms with van der Waals surface area (Å²) in [7, 11) is 1.85. The van der Waals surface area contributed by atoms with Gasteiger partial charge in [0.25, 0.3) is 0 Å². The molecule has 0 aromatic carbocycles. The van der Waals surface area contributed by atoms with Crippen LogP contribution in [0.15, 0.2) is 24.7 Å². The van der Waals surface area contributed by atoms with Crippen LogP contribution in [0.2, 0.25) is 0 Å². The Labute approximate surface area is 163 Å². The van der Waals surface area contributed by atoms with Crippen molar-refractivity contribution in [2.45, 2.75) is 39.2 Å². The van der Waals surface area contributed by atoms with E-state index in [1.807, 2.05) is 46.3 Å². The van der Waals surface area contributed by atoms with Gasteiger partial charge in [-0.1, -0.05) is 0 Å². The van der Waals surface area contributed by atoms with Gasteiger partial charge < -0.3 is 9.64 Å². The number of aromatic nitrogens is 5. The predicted molar refractivity (Wildman–Crippen MR) is 106 cm³/mol. The average Bonchev–Trinajstić information content (AvgIpc) is 3.31. The molecule has 1 amide bonds. The SMILES string of the molecule is Cn1cc(-c2c(NC(=O)OC(C)(C)C)nn3ccc(N4CCCC4)nc23)cn1. The fraction of sp³-hybridized carbons (Fsp3) is 0.474. The first kappa shape index (κ1) is 18.3. The Morgan fingerprint density at radius 3 is 2.64 bits per heavy atom. The van der Waals surface area contributed by atoms with E-state index in [1.165, 1.54) is 12.8 Å². The van der Waals surface area contributed by atoms with E-state index in [0.29, 0.717) is 11.5 Å². The molecule has 0 atom stereocenters. The van der Waals surface area contributed by atoms with Gasteiger partial charge in [-0.25, -0.2) is 14.3 Å². The maximum atomic E-state index is 12.3. The van der Waals surface area contributed by atoms with Gasteiger partial charge in [-0.2, -0.15) is 5.10 Å². The quantitative estimate of drug-likeness (QED) is 0.748. The fourth-order valence-corrected chi connectivity index (χ4v) is 3.35. The number of ether oxygens (including phenoxy) is 1. The summed E-state index contributed by atoms with van der Waals surface area (Å²) in [5.41, 5.74) is 1.62. The van der Waals surface area contributed by atoms with Gasteiger partial charge in [0.15, 0.2) is 11.5 Å². The van der Waals surface area contributed by atoms with Crippen LogP contribution in [-0.4, -0.2) is 49.2 Å². The van der Waals surface area contributed by atoms with Crippen LogP contribution in [0.1, 0.15) is 33.6 Å². The van der Waals surface area contributed by atoms with Crippen LogP contribution in [0, 0.1) is 0 Å². The van der Waals surface area contributed by atoms with E-state index >= 15 is 0 Å². The number of nitrogens with one attached hydrogen (secondary N) is 1. The normalized spacial score (nSPS) is 14.6. The molecule has 0 aliphatic carbocycles. The minimum Gasteiger partial charge on any atom is -0.444 e. The zero-order chi connectivity index (χ0) is 19.9. The number of carbonyl (C=O) groups is 1. The second kappa shape index (κ2) is 6.81. The zero-order valence-electron chi connectivity index (χ0n) is 16.6. The average molecular weight is 383 g/mol. The summed E-state index contributed by atoms with van der Waals surface area (Å²) in [4.78, 5) is 19.4. The van der Waals surface area contributed by atoms with E-state index < -0.39 is 11.7 Å². The molecule has 1 aliphatic heterocycles. The molecule has 28 heavy (non-hydrogen) atoms. The van der Waals surface area contributed by atoms with Crippen molar-refractivity contribution >= 4 is 23.4 Å². The third kappa shape index (κ3) is 3.64. The largest absolute Gasteiger partial charge is 0.444 e. The van der Waals surface area contributed by atoms with E-state index in [4.69, 9.17) is 9.72 Å². The summed E-state index contributed by atoms with van der Waals surface area (Å²) < 4.78 is 8.77. The summed E-state index contributed by atoms with van der Waals surface area (Å²) in [5, 5.41) is 11.5. The minimum atomic E-state index is -0.598. The third-order valence-electron chi connectivity index (χ3n) is 4.51. The molecule has 9 heteroatoms. The first-order valence-electron chi connectivity index (χ1n) is 9.43. The Bertz CT molecular complexity index is 1010. The van der Waals surface area contributed by atoms with Crippen LogP contribution >= 0.6 is 0 Å². The Hall–Kier alpha value is -3.10. The number of carbonyl (C=O) groups excluding carboxylic acids is 1. The lowest BCUT2D eigenvalue weighted by atomic mass is 10.2. The molecule has 3 aromatic rings. The van der Waals surface area contributed by atoms with Crippen molar-refractivity contribution in [2.24, 2.45) is 7.05 Å². The highest BCUT2D eigenvalue weighted by Gasteiger charge is 2.23. The van der Waals surface area contributed by atoms with Gasteiger partial charge in [-0.05, 0) is 39.7 Å². The summed E-state index contributed by atoms with van der Waals surface area (Å²) in [5.74, 6) is 1.31. The van der Waals surface area contributed by atoms with Gasteiger partial charge in [-0.3, -0.25) is 10.00 Å². The minimum absolute atomic E-state index is 0.397. The number of fused-ring (bicyclic) bond motifs is 1. The van der Waals surface area contributed by atoms with E-state index in [9.17, 15) is 4.79 Å². The highest BCUT2D eigenvalue weighted by Crippen LogP contribution is 2.32. The molecule has 0 unspecified atom stereocenters. The maximum absolute atomic E-state index is 12.3. The molecular weight excluding hydrogens is 358 g/mol. The van der Waals surface area contributed by atoms with Gasteiger partial charge in [0.2, 0.25) is 0 Å². The Morgan fingerprint density at radius 1 is 1.25 bits per heavy atom. The van der Waals surface area contributed by atoms with Gasteiger partial charge >= 0.3 is 6.09 Å². The van der Waals surface area contributed by atoms with Crippen molar-refractivity contribution in [1.29, 1.82) is 0 Å². The zero-order valence-corrected chi connectivity index (χ0v) is 16.6. The van der Waals surface area contributed by atoms with Crippen LogP contribution in [0.25, 0.3) is 16.8 Å². The van der Waals surface area contributed by atoms with Crippen molar-refractivity contribution in [1.82, 2.24) is 24.4 Å². The molecule has 4 rings (SSSR count). The lowest BCUT2D eigenvalue weighted by Crippen LogP contribution is -2.27. The molecule has 1 N–H and O–H groups in total. The topological polar surface area (TPSA) is 89.6 Å². The Kier molecular flexibility index (Phi) is 4.44. The Morgan fingerprint density at radius 2 is 2.00 bits per heavy atom. The van der Waals surface area contributed by atoms with Gasteiger partial charge in [0.1, 0.15) is 11.4 Å². The number of nitrogens with zero attached hydrogens (tertiary/aromatic N) is 6. The molecule has 0 bridgehead atoms. The van der Waals surface area contributed by atoms with Crippen molar-refractivity contribution in [2.75, 3.05) is 23.3 Å². The van der Waals surface area contributed by atoms with Crippen LogP contribution in [0.3, 0.4) is 0 Å². The summed E-state index contributed by atoms with van der Waals surface area (Å²) >= 11 is 0. The van der Waals surface area contributed by atoms with Crippen LogP contribution in [-0.2, 0) is 11.8 Å². The molecule has 148 valence electrons. The van der Waals surface area contributed by atoms with Crippen LogP contribution in [0.4, 0.5) is 16.4 Å². The van der Waals surface area contributed by atoms with Crippen LogP contribution in [0.5, 0.6) is 0 Å². The lowest BCUT2D eigenvalue weighted by molar-refractivity contribution is 0.0635. The van der Waals surface area contributed by atoms with E-state index in [0.717, 1.165) is 30.0 Å². The molecule has 0 saturated carbocycles. The molecule has 9 nitrogen and oxygen atoms in total. The number of amides is 1. The Balaban J connectivity index is 1.78. The highest BCUT2D eigenvalue weighted by atomic mass is 16.6. The number of aryl methyl sites for hydroxylation is 1. The van der Waals surface area contributed by atoms with Crippen molar-refractivity contribution < 1.29 is 9.53 Å². The summed E-state index contributed by atoms with van der Waals surface area (Å²) in [6, 6.07) is 1.95. The molecule has 1 fully saturated rings. The number of hydrogen-bond acceptors (Lipinski definition) is 6. The van der Waals surface area contributed by atoms with Crippen LogP contribution < -0.4 is 10.2 Å². The van der Waals surface area contributed by atoms with E-state index in [-0.39, 0.29) is 0 Å². The first-order valence-corrected chi connectivity index (χ1v) is 9.43. The van der Waals surface area contributed by atoms with E-state index in [2.05, 4.69) is 20.4 Å². The molecule has 1 saturated heterocycles. The number of rotatable bonds is 3. The van der Waals surface area contributed by atoms with Gasteiger partial charge in [0, 0.05) is 38.1 Å². The fourth-order valence-electron chi connectivity index (χ4n) is 3.35. The second-order valence-corrected chi connectivity index (χ2v) is 8.00. The maximum Gasteiger partial charge on any atom is 0.413 e. The molecule has 1 aliphatic rings. The standard InChI is InChI=1S/C19H25N7O2/c1-19(2,3)28-18(27)22-16-15(13-11-20-24(4)12-13)17-21-14(7-10-26(17)23-16)25-8-5-6-9-25/h7,10-12H,5-6,8-9H2,1-4H3,(H,22,23,27). The smallest absolute Gasteiger partial charge is 0.413 e. The molecule has 4 heterocycles. The van der Waals surface area contributed by atoms with Crippen molar-refractivity contribution in [3.8, 4) is 11.1 Å². The second-order valence-electron chi connectivity index (χ2n) is 8.00. The lowest BCUT2D eigenvalue weighted by Gasteiger charge is -2.19.